The fourth-order valence-corrected chi connectivity index (χ4v) is 4.05. The van der Waals surface area contributed by atoms with Crippen LogP contribution in [0.2, 0.25) is 0 Å². The summed E-state index contributed by atoms with van der Waals surface area (Å²) in [5.74, 6) is 0.0918. The lowest BCUT2D eigenvalue weighted by molar-refractivity contribution is -0.138. The zero-order valence-electron chi connectivity index (χ0n) is 20.3. The van der Waals surface area contributed by atoms with Gasteiger partial charge in [0.05, 0.1) is 18.8 Å². The zero-order chi connectivity index (χ0) is 26.3. The highest BCUT2D eigenvalue weighted by Gasteiger charge is 2.33. The summed E-state index contributed by atoms with van der Waals surface area (Å²) in [6.45, 7) is 4.53. The van der Waals surface area contributed by atoms with Crippen LogP contribution < -0.4 is 15.8 Å². The van der Waals surface area contributed by atoms with Crippen LogP contribution in [0, 0.1) is 0 Å². The Kier molecular flexibility index (Phi) is 8.62. The first-order valence-corrected chi connectivity index (χ1v) is 12.0. The van der Waals surface area contributed by atoms with Crippen LogP contribution in [0.1, 0.15) is 27.9 Å². The maximum absolute atomic E-state index is 13.3. The van der Waals surface area contributed by atoms with E-state index in [9.17, 15) is 18.0 Å². The summed E-state index contributed by atoms with van der Waals surface area (Å²) < 4.78 is 50.8. The molecular weight excluding hydrogens is 485 g/mol. The summed E-state index contributed by atoms with van der Waals surface area (Å²) in [5, 5.41) is 2.94. The number of alkyl halides is 3. The van der Waals surface area contributed by atoms with Crippen LogP contribution in [-0.4, -0.2) is 55.2 Å². The van der Waals surface area contributed by atoms with Crippen LogP contribution in [0.4, 0.5) is 19.0 Å². The van der Waals surface area contributed by atoms with E-state index >= 15 is 0 Å². The monoisotopic (exact) mass is 514 g/mol. The number of nitrogens with zero attached hydrogens (tertiary/aromatic N) is 2. The molecule has 0 bridgehead atoms. The van der Waals surface area contributed by atoms with Gasteiger partial charge in [-0.05, 0) is 42.8 Å². The number of anilines is 1. The lowest BCUT2D eigenvalue weighted by atomic mass is 10.0. The molecule has 1 aromatic heterocycles. The minimum atomic E-state index is -4.48. The van der Waals surface area contributed by atoms with Crippen molar-refractivity contribution >= 4 is 11.7 Å². The molecule has 0 aliphatic carbocycles. The predicted molar refractivity (Wildman–Crippen MR) is 134 cm³/mol. The number of carbonyl (C=O) groups excluding carboxylic acids is 1. The Hall–Kier alpha value is -3.63. The van der Waals surface area contributed by atoms with Gasteiger partial charge in [-0.25, -0.2) is 4.98 Å². The standard InChI is InChI=1S/C27H29F3N4O3/c28-27(29,30)23-5-2-1-4-21(23)18-37-24-16-22(17-33-25(24)31)19-6-8-20(9-7-19)26(35)32-10-3-11-34-12-14-36-15-13-34/h1-2,4-9,16-17H,3,10-15,18H2,(H2,31,33)(H,32,35). The molecule has 0 unspecified atom stereocenters. The predicted octanol–water partition coefficient (Wildman–Crippen LogP) is 4.38. The van der Waals surface area contributed by atoms with E-state index in [2.05, 4.69) is 15.2 Å². The van der Waals surface area contributed by atoms with E-state index in [1.807, 2.05) is 0 Å². The van der Waals surface area contributed by atoms with Gasteiger partial charge in [0.1, 0.15) is 6.61 Å². The number of amides is 1. The maximum Gasteiger partial charge on any atom is 0.416 e. The van der Waals surface area contributed by atoms with Gasteiger partial charge in [0, 0.05) is 42.5 Å². The number of halogens is 3. The second-order valence-electron chi connectivity index (χ2n) is 8.69. The van der Waals surface area contributed by atoms with Crippen molar-refractivity contribution in [1.29, 1.82) is 0 Å². The second kappa shape index (κ2) is 12.1. The van der Waals surface area contributed by atoms with Gasteiger partial charge < -0.3 is 20.5 Å². The topological polar surface area (TPSA) is 89.7 Å². The number of pyridine rings is 1. The molecule has 1 saturated heterocycles. The van der Waals surface area contributed by atoms with E-state index < -0.39 is 11.7 Å². The highest BCUT2D eigenvalue weighted by atomic mass is 19.4. The van der Waals surface area contributed by atoms with E-state index in [-0.39, 0.29) is 29.6 Å². The first-order chi connectivity index (χ1) is 17.8. The number of nitrogen functional groups attached to an aromatic ring is 1. The minimum Gasteiger partial charge on any atom is -0.485 e. The molecule has 3 N–H and O–H groups in total. The number of rotatable bonds is 9. The number of morpholine rings is 1. The summed E-state index contributed by atoms with van der Waals surface area (Å²) in [6.07, 6.45) is -2.08. The molecule has 196 valence electrons. The summed E-state index contributed by atoms with van der Waals surface area (Å²) in [6, 6.07) is 13.8. The number of nitrogens with two attached hydrogens (primary N) is 1. The molecule has 1 amide bonds. The Morgan fingerprint density at radius 1 is 1.08 bits per heavy atom. The number of hydrogen-bond donors (Lipinski definition) is 2. The Morgan fingerprint density at radius 3 is 2.54 bits per heavy atom. The summed E-state index contributed by atoms with van der Waals surface area (Å²) in [7, 11) is 0. The molecular formula is C27H29F3N4O3. The molecule has 10 heteroatoms. The largest absolute Gasteiger partial charge is 0.485 e. The fraction of sp³-hybridized carbons (Fsp3) is 0.333. The van der Waals surface area contributed by atoms with Gasteiger partial charge in [-0.3, -0.25) is 9.69 Å². The average molecular weight is 515 g/mol. The van der Waals surface area contributed by atoms with Crippen LogP contribution in [-0.2, 0) is 17.5 Å². The molecule has 0 saturated carbocycles. The second-order valence-corrected chi connectivity index (χ2v) is 8.69. The minimum absolute atomic E-state index is 0.000105. The van der Waals surface area contributed by atoms with E-state index in [1.165, 1.54) is 18.2 Å². The molecule has 37 heavy (non-hydrogen) atoms. The van der Waals surface area contributed by atoms with Crippen LogP contribution in [0.3, 0.4) is 0 Å². The Bertz CT molecular complexity index is 1200. The summed E-state index contributed by atoms with van der Waals surface area (Å²) in [5.41, 5.74) is 7.09. The molecule has 7 nitrogen and oxygen atoms in total. The SMILES string of the molecule is Nc1ncc(-c2ccc(C(=O)NCCCN3CCOCC3)cc2)cc1OCc1ccccc1C(F)(F)F. The maximum atomic E-state index is 13.3. The fourth-order valence-electron chi connectivity index (χ4n) is 4.05. The molecule has 0 atom stereocenters. The third kappa shape index (κ3) is 7.21. The molecule has 0 radical (unpaired) electrons. The van der Waals surface area contributed by atoms with Crippen molar-refractivity contribution in [2.45, 2.75) is 19.2 Å². The third-order valence-corrected chi connectivity index (χ3v) is 6.11. The van der Waals surface area contributed by atoms with Crippen molar-refractivity contribution in [3.05, 3.63) is 77.5 Å². The average Bonchev–Trinajstić information content (AvgIpc) is 2.91. The number of ether oxygens (including phenoxy) is 2. The number of aromatic nitrogens is 1. The van der Waals surface area contributed by atoms with Crippen LogP contribution in [0.25, 0.3) is 11.1 Å². The van der Waals surface area contributed by atoms with Gasteiger partial charge in [-0.2, -0.15) is 13.2 Å². The van der Waals surface area contributed by atoms with Gasteiger partial charge >= 0.3 is 6.18 Å². The smallest absolute Gasteiger partial charge is 0.416 e. The van der Waals surface area contributed by atoms with Crippen molar-refractivity contribution in [3.63, 3.8) is 0 Å². The van der Waals surface area contributed by atoms with Crippen molar-refractivity contribution in [2.75, 3.05) is 45.1 Å². The van der Waals surface area contributed by atoms with Gasteiger partial charge in [0.25, 0.3) is 5.91 Å². The van der Waals surface area contributed by atoms with E-state index in [0.717, 1.165) is 50.9 Å². The molecule has 4 rings (SSSR count). The van der Waals surface area contributed by atoms with E-state index in [4.69, 9.17) is 15.2 Å². The van der Waals surface area contributed by atoms with Crippen molar-refractivity contribution in [3.8, 4) is 16.9 Å². The van der Waals surface area contributed by atoms with Gasteiger partial charge in [-0.1, -0.05) is 30.3 Å². The number of benzene rings is 2. The van der Waals surface area contributed by atoms with E-state index in [1.54, 1.807) is 36.5 Å². The van der Waals surface area contributed by atoms with Crippen LogP contribution >= 0.6 is 0 Å². The zero-order valence-corrected chi connectivity index (χ0v) is 20.3. The molecule has 1 aliphatic rings. The molecule has 2 heterocycles. The van der Waals surface area contributed by atoms with Crippen LogP contribution in [0.5, 0.6) is 5.75 Å². The lowest BCUT2D eigenvalue weighted by Gasteiger charge is -2.26. The van der Waals surface area contributed by atoms with Crippen molar-refractivity contribution in [1.82, 2.24) is 15.2 Å². The third-order valence-electron chi connectivity index (χ3n) is 6.11. The first kappa shape index (κ1) is 26.4. The summed E-state index contributed by atoms with van der Waals surface area (Å²) in [4.78, 5) is 18.9. The molecule has 1 aliphatic heterocycles. The van der Waals surface area contributed by atoms with Gasteiger partial charge in [0.2, 0.25) is 0 Å². The Morgan fingerprint density at radius 2 is 1.81 bits per heavy atom. The highest BCUT2D eigenvalue weighted by Crippen LogP contribution is 2.33. The molecule has 0 spiro atoms. The number of nitrogens with one attached hydrogen (secondary N) is 1. The number of carbonyl (C=O) groups is 1. The van der Waals surface area contributed by atoms with E-state index in [0.29, 0.717) is 17.7 Å². The molecule has 3 aromatic rings. The van der Waals surface area contributed by atoms with Crippen LogP contribution in [0.15, 0.2) is 60.8 Å². The summed E-state index contributed by atoms with van der Waals surface area (Å²) >= 11 is 0. The van der Waals surface area contributed by atoms with Gasteiger partial charge in [0.15, 0.2) is 11.6 Å². The Balaban J connectivity index is 1.35. The normalized spacial score (nSPS) is 14.4. The van der Waals surface area contributed by atoms with Gasteiger partial charge in [-0.15, -0.1) is 0 Å². The number of hydrogen-bond acceptors (Lipinski definition) is 6. The van der Waals surface area contributed by atoms with Crippen molar-refractivity contribution in [2.24, 2.45) is 0 Å². The lowest BCUT2D eigenvalue weighted by Crippen LogP contribution is -2.38. The first-order valence-electron chi connectivity index (χ1n) is 12.0. The molecule has 1 fully saturated rings. The molecule has 2 aromatic carbocycles. The quantitative estimate of drug-likeness (QED) is 0.412. The van der Waals surface area contributed by atoms with Crippen molar-refractivity contribution < 1.29 is 27.4 Å². The highest BCUT2D eigenvalue weighted by molar-refractivity contribution is 5.94. The Labute approximate surface area is 213 Å².